The van der Waals surface area contributed by atoms with Gasteiger partial charge in [0.2, 0.25) is 11.8 Å². The molecule has 26 heavy (non-hydrogen) atoms. The third kappa shape index (κ3) is 4.49. The summed E-state index contributed by atoms with van der Waals surface area (Å²) in [7, 11) is 0. The molecule has 2 aromatic rings. The fourth-order valence-corrected chi connectivity index (χ4v) is 3.33. The number of carbonyl (C=O) groups excluding carboxylic acids is 2. The predicted octanol–water partition coefficient (Wildman–Crippen LogP) is 3.07. The number of benzene rings is 2. The van der Waals surface area contributed by atoms with E-state index in [2.05, 4.69) is 5.32 Å². The number of fused-ring (bicyclic) bond motifs is 1. The first-order valence-corrected chi connectivity index (χ1v) is 9.18. The fraction of sp³-hybridized carbons (Fsp3) is 0.263. The van der Waals surface area contributed by atoms with Crippen molar-refractivity contribution in [3.05, 3.63) is 48.0 Å². The van der Waals surface area contributed by atoms with E-state index in [1.165, 1.54) is 11.8 Å². The third-order valence-corrected chi connectivity index (χ3v) is 4.93. The molecule has 1 aliphatic heterocycles. The largest absolute Gasteiger partial charge is 0.490 e. The molecule has 6 nitrogen and oxygen atoms in total. The average molecular weight is 372 g/mol. The van der Waals surface area contributed by atoms with Crippen LogP contribution in [0.2, 0.25) is 0 Å². The van der Waals surface area contributed by atoms with Gasteiger partial charge in [0.1, 0.15) is 0 Å². The average Bonchev–Trinajstić information content (AvgIpc) is 2.87. The van der Waals surface area contributed by atoms with E-state index in [9.17, 15) is 9.59 Å². The van der Waals surface area contributed by atoms with Gasteiger partial charge in [-0.3, -0.25) is 9.59 Å². The second kappa shape index (κ2) is 8.14. The fourth-order valence-electron chi connectivity index (χ4n) is 2.44. The summed E-state index contributed by atoms with van der Waals surface area (Å²) in [6.07, 6.45) is 0.852. The molecule has 2 aromatic carbocycles. The number of ether oxygens (including phenoxy) is 2. The van der Waals surface area contributed by atoms with Crippen LogP contribution in [-0.4, -0.2) is 30.3 Å². The number of amides is 2. The number of primary amides is 1. The van der Waals surface area contributed by atoms with Gasteiger partial charge in [0.25, 0.3) is 0 Å². The Morgan fingerprint density at radius 3 is 2.46 bits per heavy atom. The van der Waals surface area contributed by atoms with Crippen molar-refractivity contribution in [2.24, 2.45) is 5.73 Å². The summed E-state index contributed by atoms with van der Waals surface area (Å²) in [4.78, 5) is 24.4. The number of rotatable bonds is 5. The van der Waals surface area contributed by atoms with Crippen LogP contribution in [0.3, 0.4) is 0 Å². The maximum atomic E-state index is 12.4. The molecule has 3 rings (SSSR count). The number of nitrogens with two attached hydrogens (primary N) is 1. The molecule has 2 amide bonds. The molecule has 0 aromatic heterocycles. The second-order valence-corrected chi connectivity index (χ2v) is 7.26. The lowest BCUT2D eigenvalue weighted by Gasteiger charge is -2.14. The van der Waals surface area contributed by atoms with Gasteiger partial charge in [-0.15, -0.1) is 11.8 Å². The van der Waals surface area contributed by atoms with E-state index in [1.54, 1.807) is 24.3 Å². The van der Waals surface area contributed by atoms with E-state index in [0.29, 0.717) is 30.2 Å². The topological polar surface area (TPSA) is 90.7 Å². The van der Waals surface area contributed by atoms with E-state index in [-0.39, 0.29) is 11.2 Å². The number of anilines is 1. The van der Waals surface area contributed by atoms with Crippen LogP contribution in [0.5, 0.6) is 11.5 Å². The van der Waals surface area contributed by atoms with Gasteiger partial charge in [0.05, 0.1) is 18.5 Å². The highest BCUT2D eigenvalue weighted by molar-refractivity contribution is 8.00. The summed E-state index contributed by atoms with van der Waals surface area (Å²) in [6.45, 7) is 3.10. The monoisotopic (exact) mass is 372 g/mol. The van der Waals surface area contributed by atoms with Crippen LogP contribution in [0.1, 0.15) is 23.7 Å². The van der Waals surface area contributed by atoms with Gasteiger partial charge in [-0.1, -0.05) is 0 Å². The van der Waals surface area contributed by atoms with Crippen molar-refractivity contribution in [3.63, 3.8) is 0 Å². The van der Waals surface area contributed by atoms with Crippen LogP contribution in [0.25, 0.3) is 0 Å². The molecule has 0 radical (unpaired) electrons. The molecule has 1 aliphatic rings. The minimum Gasteiger partial charge on any atom is -0.490 e. The summed E-state index contributed by atoms with van der Waals surface area (Å²) in [5, 5.41) is 2.52. The van der Waals surface area contributed by atoms with Gasteiger partial charge in [0.15, 0.2) is 11.5 Å². The predicted molar refractivity (Wildman–Crippen MR) is 101 cm³/mol. The zero-order valence-corrected chi connectivity index (χ0v) is 15.2. The van der Waals surface area contributed by atoms with Crippen LogP contribution < -0.4 is 20.5 Å². The molecule has 0 fully saturated rings. The quantitative estimate of drug-likeness (QED) is 0.787. The molecule has 1 atom stereocenters. The standard InChI is InChI=1S/C19H20N2O4S/c1-12(19(23)21-14-5-3-13(4-6-14)18(20)22)26-15-7-8-16-17(11-15)25-10-2-9-24-16/h3-8,11-12H,2,9-10H2,1H3,(H2,20,22)(H,21,23). The zero-order chi connectivity index (χ0) is 18.5. The van der Waals surface area contributed by atoms with E-state index in [1.807, 2.05) is 25.1 Å². The van der Waals surface area contributed by atoms with Crippen molar-refractivity contribution in [3.8, 4) is 11.5 Å². The number of thioether (sulfide) groups is 1. The molecule has 136 valence electrons. The number of hydrogen-bond donors (Lipinski definition) is 2. The Kier molecular flexibility index (Phi) is 5.68. The van der Waals surface area contributed by atoms with Crippen molar-refractivity contribution >= 4 is 29.3 Å². The first kappa shape index (κ1) is 18.1. The Labute approximate surface area is 156 Å². The Morgan fingerprint density at radius 1 is 1.08 bits per heavy atom. The Balaban J connectivity index is 1.62. The second-order valence-electron chi connectivity index (χ2n) is 5.85. The lowest BCUT2D eigenvalue weighted by Crippen LogP contribution is -2.22. The molecule has 7 heteroatoms. The van der Waals surface area contributed by atoms with Crippen LogP contribution >= 0.6 is 11.8 Å². The highest BCUT2D eigenvalue weighted by Gasteiger charge is 2.17. The van der Waals surface area contributed by atoms with E-state index >= 15 is 0 Å². The SMILES string of the molecule is CC(Sc1ccc2c(c1)OCCCO2)C(=O)Nc1ccc(C(N)=O)cc1. The maximum Gasteiger partial charge on any atom is 0.248 e. The van der Waals surface area contributed by atoms with E-state index in [0.717, 1.165) is 17.1 Å². The number of carbonyl (C=O) groups is 2. The first-order chi connectivity index (χ1) is 12.5. The van der Waals surface area contributed by atoms with E-state index in [4.69, 9.17) is 15.2 Å². The molecular weight excluding hydrogens is 352 g/mol. The van der Waals surface area contributed by atoms with Crippen molar-refractivity contribution < 1.29 is 19.1 Å². The highest BCUT2D eigenvalue weighted by atomic mass is 32.2. The molecule has 0 saturated heterocycles. The van der Waals surface area contributed by atoms with Crippen molar-refractivity contribution in [2.45, 2.75) is 23.5 Å². The normalized spacial score (nSPS) is 14.2. The summed E-state index contributed by atoms with van der Waals surface area (Å²) in [5.74, 6) is 0.816. The minimum atomic E-state index is -0.499. The molecule has 1 heterocycles. The number of hydrogen-bond acceptors (Lipinski definition) is 5. The minimum absolute atomic E-state index is 0.131. The lowest BCUT2D eigenvalue weighted by molar-refractivity contribution is -0.115. The smallest absolute Gasteiger partial charge is 0.248 e. The van der Waals surface area contributed by atoms with Crippen molar-refractivity contribution in [2.75, 3.05) is 18.5 Å². The Bertz CT molecular complexity index is 808. The van der Waals surface area contributed by atoms with Gasteiger partial charge >= 0.3 is 0 Å². The van der Waals surface area contributed by atoms with Crippen molar-refractivity contribution in [1.82, 2.24) is 0 Å². The Hall–Kier alpha value is -2.67. The van der Waals surface area contributed by atoms with Gasteiger partial charge in [-0.2, -0.15) is 0 Å². The molecule has 0 spiro atoms. The van der Waals surface area contributed by atoms with Crippen LogP contribution in [-0.2, 0) is 4.79 Å². The van der Waals surface area contributed by atoms with Crippen LogP contribution in [0.15, 0.2) is 47.4 Å². The van der Waals surface area contributed by atoms with Gasteiger partial charge < -0.3 is 20.5 Å². The summed E-state index contributed by atoms with van der Waals surface area (Å²) >= 11 is 1.44. The van der Waals surface area contributed by atoms with E-state index < -0.39 is 5.91 Å². The molecule has 0 bridgehead atoms. The third-order valence-electron chi connectivity index (χ3n) is 3.84. The Morgan fingerprint density at radius 2 is 1.77 bits per heavy atom. The van der Waals surface area contributed by atoms with Crippen molar-refractivity contribution in [1.29, 1.82) is 0 Å². The molecular formula is C19H20N2O4S. The summed E-state index contributed by atoms with van der Waals surface area (Å²) < 4.78 is 11.3. The molecule has 0 aliphatic carbocycles. The molecule has 3 N–H and O–H groups in total. The first-order valence-electron chi connectivity index (χ1n) is 8.30. The van der Waals surface area contributed by atoms with Gasteiger partial charge in [0, 0.05) is 22.6 Å². The summed E-state index contributed by atoms with van der Waals surface area (Å²) in [6, 6.07) is 12.2. The molecule has 0 saturated carbocycles. The van der Waals surface area contributed by atoms with Crippen LogP contribution in [0, 0.1) is 0 Å². The van der Waals surface area contributed by atoms with Gasteiger partial charge in [-0.05, 0) is 49.4 Å². The van der Waals surface area contributed by atoms with Crippen LogP contribution in [0.4, 0.5) is 5.69 Å². The maximum absolute atomic E-state index is 12.4. The summed E-state index contributed by atoms with van der Waals surface area (Å²) in [5.41, 5.74) is 6.23. The molecule has 1 unspecified atom stereocenters. The lowest BCUT2D eigenvalue weighted by atomic mass is 10.2. The van der Waals surface area contributed by atoms with Gasteiger partial charge in [-0.25, -0.2) is 0 Å². The number of nitrogens with one attached hydrogen (secondary N) is 1. The zero-order valence-electron chi connectivity index (χ0n) is 14.4. The highest BCUT2D eigenvalue weighted by Crippen LogP contribution is 2.35.